The molecule has 20 heavy (non-hydrogen) atoms. The maximum absolute atomic E-state index is 12.2. The van der Waals surface area contributed by atoms with Crippen molar-refractivity contribution in [1.82, 2.24) is 0 Å². The van der Waals surface area contributed by atoms with Gasteiger partial charge in [-0.05, 0) is 54.9 Å². The third-order valence-electron chi connectivity index (χ3n) is 6.89. The number of allylic oxidation sites excluding steroid dienone is 6. The Kier molecular flexibility index (Phi) is 2.64. The number of carbonyl (C=O) groups is 1. The lowest BCUT2D eigenvalue weighted by atomic mass is 9.47. The highest BCUT2D eigenvalue weighted by atomic mass is 16.1. The van der Waals surface area contributed by atoms with Gasteiger partial charge in [-0.15, -0.1) is 0 Å². The summed E-state index contributed by atoms with van der Waals surface area (Å²) in [7, 11) is 0. The van der Waals surface area contributed by atoms with Gasteiger partial charge < -0.3 is 4.79 Å². The number of carbonyl (C=O) groups excluding carboxylic acids is 1. The lowest BCUT2D eigenvalue weighted by Crippen LogP contribution is -2.52. The fourth-order valence-electron chi connectivity index (χ4n) is 5.92. The first-order valence-electron chi connectivity index (χ1n) is 8.21. The third-order valence-corrected chi connectivity index (χ3v) is 6.89. The molecule has 0 aromatic rings. The molecule has 1 nitrogen and oxygen atoms in total. The molecule has 106 valence electrons. The minimum Gasteiger partial charge on any atom is -0.303 e. The van der Waals surface area contributed by atoms with Crippen molar-refractivity contribution in [2.75, 3.05) is 0 Å². The molecule has 4 aliphatic rings. The predicted molar refractivity (Wildman–Crippen MR) is 81.1 cm³/mol. The van der Waals surface area contributed by atoms with Crippen molar-refractivity contribution < 1.29 is 4.79 Å². The summed E-state index contributed by atoms with van der Waals surface area (Å²) in [6.45, 7) is 2.45. The molecule has 0 saturated heterocycles. The molecule has 0 aromatic heterocycles. The van der Waals surface area contributed by atoms with Gasteiger partial charge in [0, 0.05) is 11.3 Å². The second-order valence-electron chi connectivity index (χ2n) is 7.65. The van der Waals surface area contributed by atoms with E-state index in [-0.39, 0.29) is 5.41 Å². The highest BCUT2D eigenvalue weighted by Gasteiger charge is 2.59. The average Bonchev–Trinajstić information content (AvgIpc) is 2.89. The van der Waals surface area contributed by atoms with Gasteiger partial charge in [-0.25, -0.2) is 0 Å². The molecule has 0 bridgehead atoms. The number of fused-ring (bicyclic) bond motifs is 5. The smallest absolute Gasteiger partial charge is 0.127 e. The Morgan fingerprint density at radius 1 is 1.25 bits per heavy atom. The Labute approximate surface area is 121 Å². The van der Waals surface area contributed by atoms with Crippen LogP contribution >= 0.6 is 0 Å². The summed E-state index contributed by atoms with van der Waals surface area (Å²) in [6, 6.07) is 0. The Hall–Kier alpha value is -1.11. The minimum atomic E-state index is -0.0762. The van der Waals surface area contributed by atoms with Crippen molar-refractivity contribution in [3.05, 3.63) is 36.0 Å². The van der Waals surface area contributed by atoms with E-state index in [0.717, 1.165) is 6.42 Å². The first kappa shape index (κ1) is 12.6. The molecular weight excluding hydrogens is 244 g/mol. The molecule has 2 fully saturated rings. The Bertz CT molecular complexity index is 526. The van der Waals surface area contributed by atoms with E-state index in [9.17, 15) is 4.79 Å². The van der Waals surface area contributed by atoms with Gasteiger partial charge in [0.15, 0.2) is 0 Å². The zero-order chi connectivity index (χ0) is 13.8. The molecule has 1 heteroatoms. The lowest BCUT2D eigenvalue weighted by Gasteiger charge is -2.56. The van der Waals surface area contributed by atoms with Crippen LogP contribution in [0.4, 0.5) is 0 Å². The van der Waals surface area contributed by atoms with Crippen molar-refractivity contribution in [2.45, 2.75) is 45.4 Å². The van der Waals surface area contributed by atoms with Crippen LogP contribution in [0, 0.1) is 28.6 Å². The van der Waals surface area contributed by atoms with Gasteiger partial charge in [-0.2, -0.15) is 0 Å². The van der Waals surface area contributed by atoms with Crippen molar-refractivity contribution in [3.63, 3.8) is 0 Å². The highest BCUT2D eigenvalue weighted by molar-refractivity contribution is 5.64. The molecule has 2 saturated carbocycles. The molecular formula is C19H24O. The van der Waals surface area contributed by atoms with Crippen LogP contribution in [0.25, 0.3) is 0 Å². The quantitative estimate of drug-likeness (QED) is 0.642. The van der Waals surface area contributed by atoms with Gasteiger partial charge in [-0.3, -0.25) is 0 Å². The fourth-order valence-corrected chi connectivity index (χ4v) is 5.92. The molecule has 5 atom stereocenters. The summed E-state index contributed by atoms with van der Waals surface area (Å²) in [6.07, 6.45) is 20.1. The Balaban J connectivity index is 1.81. The van der Waals surface area contributed by atoms with E-state index in [2.05, 4.69) is 37.3 Å². The zero-order valence-corrected chi connectivity index (χ0v) is 12.3. The largest absolute Gasteiger partial charge is 0.303 e. The molecule has 0 radical (unpaired) electrons. The van der Waals surface area contributed by atoms with Gasteiger partial charge in [0.05, 0.1) is 0 Å². The number of rotatable bonds is 1. The van der Waals surface area contributed by atoms with Gasteiger partial charge in [-0.1, -0.05) is 43.7 Å². The van der Waals surface area contributed by atoms with Crippen molar-refractivity contribution in [1.29, 1.82) is 0 Å². The Morgan fingerprint density at radius 3 is 3.00 bits per heavy atom. The summed E-state index contributed by atoms with van der Waals surface area (Å²) in [5, 5.41) is 0. The Morgan fingerprint density at radius 2 is 2.15 bits per heavy atom. The first-order valence-corrected chi connectivity index (χ1v) is 8.21. The lowest BCUT2D eigenvalue weighted by molar-refractivity contribution is -0.135. The standard InChI is InChI=1S/C19H24O/c1-18-10-4-7-17(18)19(13-20)12-8-14-5-2-3-6-15(14)16(19)9-11-18/h2-3,5-6,8,13,15-17H,4,7,9-12H2,1H3/t15-,16+,17+,18-,19-/m0/s1. The van der Waals surface area contributed by atoms with Crippen LogP contribution in [0.5, 0.6) is 0 Å². The summed E-state index contributed by atoms with van der Waals surface area (Å²) in [4.78, 5) is 12.2. The summed E-state index contributed by atoms with van der Waals surface area (Å²) in [5.74, 6) is 1.64. The minimum absolute atomic E-state index is 0.0762. The predicted octanol–water partition coefficient (Wildman–Crippen LogP) is 4.46. The SMILES string of the molecule is C[C@@]12CCC[C@H]1[C@]1(C=O)CC=C3C=CC=C[C@@H]3[C@H]1CC2. The summed E-state index contributed by atoms with van der Waals surface area (Å²) >= 11 is 0. The molecule has 4 aliphatic carbocycles. The maximum atomic E-state index is 12.2. The molecule has 0 heterocycles. The number of hydrogen-bond donors (Lipinski definition) is 0. The van der Waals surface area contributed by atoms with Gasteiger partial charge in [0.25, 0.3) is 0 Å². The normalized spacial score (nSPS) is 49.0. The van der Waals surface area contributed by atoms with Gasteiger partial charge >= 0.3 is 0 Å². The van der Waals surface area contributed by atoms with Crippen LogP contribution < -0.4 is 0 Å². The van der Waals surface area contributed by atoms with E-state index in [1.807, 2.05) is 0 Å². The highest BCUT2D eigenvalue weighted by Crippen LogP contribution is 2.65. The van der Waals surface area contributed by atoms with Crippen LogP contribution in [-0.4, -0.2) is 6.29 Å². The molecule has 0 unspecified atom stereocenters. The van der Waals surface area contributed by atoms with Gasteiger partial charge in [0.1, 0.15) is 6.29 Å². The number of aldehydes is 1. The van der Waals surface area contributed by atoms with Crippen LogP contribution in [0.3, 0.4) is 0 Å². The van der Waals surface area contributed by atoms with Crippen molar-refractivity contribution in [3.8, 4) is 0 Å². The first-order chi connectivity index (χ1) is 9.70. The molecule has 0 N–H and O–H groups in total. The second kappa shape index (κ2) is 4.19. The summed E-state index contributed by atoms with van der Waals surface area (Å²) in [5.41, 5.74) is 1.81. The number of hydrogen-bond acceptors (Lipinski definition) is 1. The van der Waals surface area contributed by atoms with E-state index in [4.69, 9.17) is 0 Å². The van der Waals surface area contributed by atoms with E-state index in [1.165, 1.54) is 44.0 Å². The van der Waals surface area contributed by atoms with Gasteiger partial charge in [0.2, 0.25) is 0 Å². The van der Waals surface area contributed by atoms with Crippen LogP contribution in [0.15, 0.2) is 36.0 Å². The summed E-state index contributed by atoms with van der Waals surface area (Å²) < 4.78 is 0. The zero-order valence-electron chi connectivity index (χ0n) is 12.3. The van der Waals surface area contributed by atoms with Crippen molar-refractivity contribution >= 4 is 6.29 Å². The van der Waals surface area contributed by atoms with Crippen LogP contribution in [0.2, 0.25) is 0 Å². The molecule has 0 aromatic carbocycles. The molecule has 0 amide bonds. The van der Waals surface area contributed by atoms with Crippen LogP contribution in [-0.2, 0) is 4.79 Å². The maximum Gasteiger partial charge on any atom is 0.127 e. The van der Waals surface area contributed by atoms with E-state index in [1.54, 1.807) is 0 Å². The van der Waals surface area contributed by atoms with E-state index >= 15 is 0 Å². The average molecular weight is 268 g/mol. The monoisotopic (exact) mass is 268 g/mol. The molecule has 0 spiro atoms. The van der Waals surface area contributed by atoms with E-state index < -0.39 is 0 Å². The fraction of sp³-hybridized carbons (Fsp3) is 0.632. The second-order valence-corrected chi connectivity index (χ2v) is 7.65. The van der Waals surface area contributed by atoms with Crippen LogP contribution in [0.1, 0.15) is 45.4 Å². The topological polar surface area (TPSA) is 17.1 Å². The molecule has 4 rings (SSSR count). The third kappa shape index (κ3) is 1.47. The molecule has 0 aliphatic heterocycles. The van der Waals surface area contributed by atoms with Crippen molar-refractivity contribution in [2.24, 2.45) is 28.6 Å². The van der Waals surface area contributed by atoms with E-state index in [0.29, 0.717) is 23.2 Å².